The van der Waals surface area contributed by atoms with Crippen molar-refractivity contribution in [2.24, 2.45) is 0 Å². The van der Waals surface area contributed by atoms with Crippen molar-refractivity contribution in [1.29, 1.82) is 0 Å². The van der Waals surface area contributed by atoms with Crippen LogP contribution in [0.3, 0.4) is 0 Å². The lowest BCUT2D eigenvalue weighted by atomic mass is 9.96. The molecule has 0 saturated heterocycles. The lowest BCUT2D eigenvalue weighted by Gasteiger charge is -2.36. The van der Waals surface area contributed by atoms with E-state index >= 15 is 0 Å². The Hall–Kier alpha value is -2.16. The number of nitrogens with zero attached hydrogens (tertiary/aromatic N) is 2. The lowest BCUT2D eigenvalue weighted by Crippen LogP contribution is -2.50. The van der Waals surface area contributed by atoms with Gasteiger partial charge in [-0.2, -0.15) is 0 Å². The van der Waals surface area contributed by atoms with Gasteiger partial charge in [0.15, 0.2) is 0 Å². The van der Waals surface area contributed by atoms with Crippen molar-refractivity contribution >= 4 is 39.2 Å². The van der Waals surface area contributed by atoms with Crippen molar-refractivity contribution < 1.29 is 4.79 Å². The second-order valence-corrected chi connectivity index (χ2v) is 11.3. The highest BCUT2D eigenvalue weighted by Crippen LogP contribution is 2.34. The summed E-state index contributed by atoms with van der Waals surface area (Å²) in [6, 6.07) is 6.36. The Morgan fingerprint density at radius 2 is 1.97 bits per heavy atom. The first-order chi connectivity index (χ1) is 15.7. The Bertz CT molecular complexity index is 1240. The summed E-state index contributed by atoms with van der Waals surface area (Å²) in [5.41, 5.74) is 2.97. The first kappa shape index (κ1) is 24.0. The monoisotopic (exact) mass is 484 g/mol. The third-order valence-corrected chi connectivity index (χ3v) is 9.18. The molecular formula is C25H32N4O2S2. The fourth-order valence-corrected chi connectivity index (χ4v) is 6.73. The summed E-state index contributed by atoms with van der Waals surface area (Å²) >= 11 is 2.97. The number of thiophene rings is 1. The Kier molecular flexibility index (Phi) is 6.98. The smallest absolute Gasteiger partial charge is 0.261 e. The number of hydrogen-bond donors (Lipinski definition) is 2. The highest BCUT2D eigenvalue weighted by molar-refractivity contribution is 7.98. The molecule has 1 aliphatic carbocycles. The van der Waals surface area contributed by atoms with Crippen LogP contribution in [0.4, 0.5) is 0 Å². The molecule has 1 fully saturated rings. The molecule has 176 valence electrons. The topological polar surface area (TPSA) is 78.1 Å². The molecule has 1 saturated carbocycles. The number of benzene rings is 1. The Morgan fingerprint density at radius 1 is 1.24 bits per heavy atom. The van der Waals surface area contributed by atoms with Crippen molar-refractivity contribution in [2.45, 2.75) is 62.6 Å². The fourth-order valence-electron chi connectivity index (χ4n) is 4.62. The van der Waals surface area contributed by atoms with Crippen molar-refractivity contribution in [3.63, 3.8) is 0 Å². The lowest BCUT2D eigenvalue weighted by molar-refractivity contribution is 0.0903. The molecule has 0 unspecified atom stereocenters. The molecule has 2 aromatic heterocycles. The van der Waals surface area contributed by atoms with Crippen LogP contribution in [-0.2, 0) is 5.75 Å². The normalized spacial score (nSPS) is 15.5. The first-order valence-electron chi connectivity index (χ1n) is 11.4. The van der Waals surface area contributed by atoms with Gasteiger partial charge in [-0.1, -0.05) is 30.5 Å². The summed E-state index contributed by atoms with van der Waals surface area (Å²) in [4.78, 5) is 38.2. The number of aromatic nitrogens is 2. The largest absolute Gasteiger partial charge is 0.349 e. The number of fused-ring (bicyclic) bond motifs is 1. The predicted octanol–water partition coefficient (Wildman–Crippen LogP) is 4.81. The van der Waals surface area contributed by atoms with Crippen molar-refractivity contribution in [3.8, 4) is 0 Å². The van der Waals surface area contributed by atoms with E-state index in [0.717, 1.165) is 12.8 Å². The maximum Gasteiger partial charge on any atom is 0.261 e. The molecule has 0 bridgehead atoms. The number of thioether (sulfide) groups is 1. The molecule has 0 radical (unpaired) electrons. The van der Waals surface area contributed by atoms with Gasteiger partial charge in [-0.15, -0.1) is 23.1 Å². The highest BCUT2D eigenvalue weighted by Gasteiger charge is 2.36. The van der Waals surface area contributed by atoms with E-state index in [1.165, 1.54) is 40.2 Å². The van der Waals surface area contributed by atoms with E-state index in [1.54, 1.807) is 11.8 Å². The minimum atomic E-state index is -0.176. The Morgan fingerprint density at radius 3 is 2.67 bits per heavy atom. The van der Waals surface area contributed by atoms with Crippen LogP contribution >= 0.6 is 23.1 Å². The van der Waals surface area contributed by atoms with Gasteiger partial charge in [-0.05, 0) is 64.9 Å². The zero-order valence-electron chi connectivity index (χ0n) is 20.0. The van der Waals surface area contributed by atoms with Crippen LogP contribution in [0.5, 0.6) is 0 Å². The quantitative estimate of drug-likeness (QED) is 0.471. The third kappa shape index (κ3) is 4.88. The number of aryl methyl sites for hydroxylation is 3. The van der Waals surface area contributed by atoms with Gasteiger partial charge in [-0.3, -0.25) is 9.59 Å². The average Bonchev–Trinajstić information content (AvgIpc) is 3.38. The number of rotatable bonds is 7. The summed E-state index contributed by atoms with van der Waals surface area (Å²) < 4.78 is 0. The van der Waals surface area contributed by atoms with Crippen LogP contribution in [0, 0.1) is 20.8 Å². The van der Waals surface area contributed by atoms with Gasteiger partial charge >= 0.3 is 0 Å². The van der Waals surface area contributed by atoms with Gasteiger partial charge in [-0.25, -0.2) is 4.98 Å². The molecule has 1 aliphatic rings. The summed E-state index contributed by atoms with van der Waals surface area (Å²) in [6.45, 7) is 6.62. The minimum absolute atomic E-state index is 0.0221. The van der Waals surface area contributed by atoms with Crippen LogP contribution in [0.25, 0.3) is 10.2 Å². The molecule has 0 aliphatic heterocycles. The molecule has 8 heteroatoms. The average molecular weight is 485 g/mol. The molecule has 1 aromatic carbocycles. The highest BCUT2D eigenvalue weighted by atomic mass is 32.2. The SMILES string of the molecule is Cc1ccc(C)c(SCc2nc3sc(C(=O)NCC4(N(C)C)CCCC4)c(C)c3c(=O)[nH]2)c1. The number of amides is 1. The van der Waals surface area contributed by atoms with Gasteiger partial charge in [0, 0.05) is 17.0 Å². The number of nitrogens with one attached hydrogen (secondary N) is 2. The van der Waals surface area contributed by atoms with Crippen molar-refractivity contribution in [2.75, 3.05) is 20.6 Å². The second-order valence-electron chi connectivity index (χ2n) is 9.32. The number of likely N-dealkylation sites (N-methyl/N-ethyl adjacent to an activating group) is 1. The zero-order valence-corrected chi connectivity index (χ0v) is 21.6. The maximum absolute atomic E-state index is 13.1. The molecule has 6 nitrogen and oxygen atoms in total. The van der Waals surface area contributed by atoms with Crippen LogP contribution in [-0.4, -0.2) is 47.0 Å². The standard InChI is InChI=1S/C25H32N4O2S2/c1-15-8-9-16(2)18(12-15)32-13-19-27-22(30)20-17(3)21(33-24(20)28-19)23(31)26-14-25(29(4)5)10-6-7-11-25/h8-9,12H,6-7,10-11,13-14H2,1-5H3,(H,26,31)(H,27,28,30). The summed E-state index contributed by atoms with van der Waals surface area (Å²) in [6.07, 6.45) is 4.57. The van der Waals surface area contributed by atoms with Gasteiger partial charge in [0.05, 0.1) is 16.0 Å². The number of carbonyl (C=O) groups excluding carboxylic acids is 1. The van der Waals surface area contributed by atoms with Gasteiger partial charge in [0.2, 0.25) is 0 Å². The summed E-state index contributed by atoms with van der Waals surface area (Å²) in [5, 5.41) is 3.66. The minimum Gasteiger partial charge on any atom is -0.349 e. The number of H-pyrrole nitrogens is 1. The van der Waals surface area contributed by atoms with Gasteiger partial charge in [0.25, 0.3) is 11.5 Å². The van der Waals surface area contributed by atoms with E-state index in [-0.39, 0.29) is 17.0 Å². The molecule has 2 N–H and O–H groups in total. The first-order valence-corrected chi connectivity index (χ1v) is 13.2. The van der Waals surface area contributed by atoms with E-state index in [9.17, 15) is 9.59 Å². The van der Waals surface area contributed by atoms with E-state index < -0.39 is 0 Å². The second kappa shape index (κ2) is 9.60. The third-order valence-electron chi connectivity index (χ3n) is 6.82. The molecule has 0 spiro atoms. The number of carbonyl (C=O) groups is 1. The van der Waals surface area contributed by atoms with Crippen LogP contribution < -0.4 is 10.9 Å². The molecule has 3 aromatic rings. The molecule has 2 heterocycles. The van der Waals surface area contributed by atoms with E-state index in [2.05, 4.69) is 61.3 Å². The fraction of sp³-hybridized carbons (Fsp3) is 0.480. The molecule has 4 rings (SSSR count). The Labute approximate surface area is 203 Å². The van der Waals surface area contributed by atoms with Crippen molar-refractivity contribution in [3.05, 3.63) is 55.9 Å². The van der Waals surface area contributed by atoms with Crippen LogP contribution in [0.15, 0.2) is 27.9 Å². The van der Waals surface area contributed by atoms with Gasteiger partial charge in [0.1, 0.15) is 10.7 Å². The number of aromatic amines is 1. The van der Waals surface area contributed by atoms with Gasteiger partial charge < -0.3 is 15.2 Å². The van der Waals surface area contributed by atoms with Crippen molar-refractivity contribution in [1.82, 2.24) is 20.2 Å². The molecular weight excluding hydrogens is 452 g/mol. The zero-order chi connectivity index (χ0) is 23.8. The molecule has 0 atom stereocenters. The molecule has 33 heavy (non-hydrogen) atoms. The van der Waals surface area contributed by atoms with Crippen LogP contribution in [0.1, 0.15) is 57.9 Å². The predicted molar refractivity (Wildman–Crippen MR) is 138 cm³/mol. The summed E-state index contributed by atoms with van der Waals surface area (Å²) in [7, 11) is 4.17. The summed E-state index contributed by atoms with van der Waals surface area (Å²) in [5.74, 6) is 1.08. The maximum atomic E-state index is 13.1. The van der Waals surface area contributed by atoms with E-state index in [1.807, 2.05) is 6.92 Å². The van der Waals surface area contributed by atoms with E-state index in [4.69, 9.17) is 4.98 Å². The molecule has 1 amide bonds. The number of hydrogen-bond acceptors (Lipinski definition) is 6. The van der Waals surface area contributed by atoms with Crippen LogP contribution in [0.2, 0.25) is 0 Å². The Balaban J connectivity index is 1.54. The van der Waals surface area contributed by atoms with E-state index in [0.29, 0.717) is 38.8 Å².